The van der Waals surface area contributed by atoms with Crippen molar-refractivity contribution in [2.75, 3.05) is 33.9 Å². The fourth-order valence-electron chi connectivity index (χ4n) is 3.53. The molecule has 6 nitrogen and oxygen atoms in total. The number of hydrogen-bond acceptors (Lipinski definition) is 4. The second-order valence-electron chi connectivity index (χ2n) is 7.24. The molecule has 0 aliphatic carbocycles. The Morgan fingerprint density at radius 3 is 2.32 bits per heavy atom. The number of amides is 2. The molecular formula is C22H23F3N2O4. The molecule has 3 rings (SSSR count). The zero-order valence-electron chi connectivity index (χ0n) is 17.2. The van der Waals surface area contributed by atoms with Crippen LogP contribution in [0.3, 0.4) is 0 Å². The maximum absolute atomic E-state index is 13.7. The van der Waals surface area contributed by atoms with Crippen molar-refractivity contribution in [3.8, 4) is 11.5 Å². The summed E-state index contributed by atoms with van der Waals surface area (Å²) in [4.78, 5) is 26.6. The number of hydrogen-bond donors (Lipinski definition) is 1. The van der Waals surface area contributed by atoms with Crippen LogP contribution in [0, 0.1) is 23.4 Å². The first-order valence-corrected chi connectivity index (χ1v) is 9.78. The summed E-state index contributed by atoms with van der Waals surface area (Å²) in [5.74, 6) is -4.39. The minimum Gasteiger partial charge on any atom is -0.493 e. The van der Waals surface area contributed by atoms with Crippen molar-refractivity contribution in [2.45, 2.75) is 12.8 Å². The molecule has 0 saturated carbocycles. The number of carbonyl (C=O) groups is 2. The molecule has 0 bridgehead atoms. The van der Waals surface area contributed by atoms with E-state index in [4.69, 9.17) is 9.47 Å². The number of methoxy groups -OCH3 is 2. The molecule has 1 heterocycles. The predicted octanol–water partition coefficient (Wildman–Crippen LogP) is 3.40. The molecule has 0 aromatic heterocycles. The van der Waals surface area contributed by atoms with Crippen molar-refractivity contribution in [2.24, 2.45) is 5.92 Å². The van der Waals surface area contributed by atoms with Gasteiger partial charge in [-0.05, 0) is 49.1 Å². The van der Waals surface area contributed by atoms with E-state index in [0.29, 0.717) is 49.1 Å². The Hall–Kier alpha value is -3.23. The lowest BCUT2D eigenvalue weighted by Gasteiger charge is -2.32. The summed E-state index contributed by atoms with van der Waals surface area (Å²) < 4.78 is 50.5. The summed E-state index contributed by atoms with van der Waals surface area (Å²) in [6.07, 6.45) is 1.28. The lowest BCUT2D eigenvalue weighted by Crippen LogP contribution is -2.41. The van der Waals surface area contributed by atoms with Crippen LogP contribution < -0.4 is 14.8 Å². The first-order chi connectivity index (χ1) is 14.8. The number of halogens is 3. The maximum atomic E-state index is 13.7. The number of rotatable bonds is 6. The Bertz CT molecular complexity index is 975. The lowest BCUT2D eigenvalue weighted by atomic mass is 9.96. The van der Waals surface area contributed by atoms with Gasteiger partial charge in [0, 0.05) is 25.2 Å². The maximum Gasteiger partial charge on any atom is 0.254 e. The number of nitrogens with zero attached hydrogens (tertiary/aromatic N) is 1. The molecule has 1 aliphatic heterocycles. The standard InChI is InChI=1S/C22H23F3N2O4/c1-30-17-6-3-14(11-18(17)31-2)22(29)27-9-7-13(8-10-27)12-26-21(28)15-4-5-16(23)20(25)19(15)24/h3-6,11,13H,7-10,12H2,1-2H3,(H,26,28). The second-order valence-corrected chi connectivity index (χ2v) is 7.24. The van der Waals surface area contributed by atoms with Gasteiger partial charge in [0.1, 0.15) is 0 Å². The van der Waals surface area contributed by atoms with Gasteiger partial charge in [0.2, 0.25) is 0 Å². The fraction of sp³-hybridized carbons (Fsp3) is 0.364. The molecule has 2 amide bonds. The minimum absolute atomic E-state index is 0.0757. The molecule has 1 fully saturated rings. The van der Waals surface area contributed by atoms with Crippen LogP contribution >= 0.6 is 0 Å². The number of ether oxygens (including phenoxy) is 2. The van der Waals surface area contributed by atoms with Gasteiger partial charge in [0.05, 0.1) is 19.8 Å². The van der Waals surface area contributed by atoms with Gasteiger partial charge in [-0.1, -0.05) is 0 Å². The van der Waals surface area contributed by atoms with Crippen molar-refractivity contribution in [3.63, 3.8) is 0 Å². The molecule has 0 atom stereocenters. The third-order valence-corrected chi connectivity index (χ3v) is 5.36. The summed E-state index contributed by atoms with van der Waals surface area (Å²) >= 11 is 0. The smallest absolute Gasteiger partial charge is 0.254 e. The largest absolute Gasteiger partial charge is 0.493 e. The topological polar surface area (TPSA) is 67.9 Å². The summed E-state index contributed by atoms with van der Waals surface area (Å²) in [5.41, 5.74) is -0.0572. The quantitative estimate of drug-likeness (QED) is 0.705. The van der Waals surface area contributed by atoms with E-state index >= 15 is 0 Å². The summed E-state index contributed by atoms with van der Waals surface area (Å²) in [6, 6.07) is 6.60. The van der Waals surface area contributed by atoms with Gasteiger partial charge in [0.25, 0.3) is 11.8 Å². The average molecular weight is 436 g/mol. The number of nitrogens with one attached hydrogen (secondary N) is 1. The zero-order chi connectivity index (χ0) is 22.5. The van der Waals surface area contributed by atoms with E-state index in [1.54, 1.807) is 23.1 Å². The summed E-state index contributed by atoms with van der Waals surface area (Å²) in [7, 11) is 3.02. The Labute approximate surface area is 177 Å². The third-order valence-electron chi connectivity index (χ3n) is 5.36. The average Bonchev–Trinajstić information content (AvgIpc) is 2.80. The molecule has 166 valence electrons. The molecule has 0 radical (unpaired) electrons. The van der Waals surface area contributed by atoms with Crippen LogP contribution in [0.2, 0.25) is 0 Å². The van der Waals surface area contributed by atoms with Crippen LogP contribution in [0.15, 0.2) is 30.3 Å². The summed E-state index contributed by atoms with van der Waals surface area (Å²) in [5, 5.41) is 2.56. The number of likely N-dealkylation sites (tertiary alicyclic amines) is 1. The van der Waals surface area contributed by atoms with Crippen LogP contribution in [0.5, 0.6) is 11.5 Å². The zero-order valence-corrected chi connectivity index (χ0v) is 17.2. The van der Waals surface area contributed by atoms with E-state index in [1.807, 2.05) is 0 Å². The van der Waals surface area contributed by atoms with Crippen molar-refractivity contribution < 1.29 is 32.2 Å². The molecule has 1 saturated heterocycles. The van der Waals surface area contributed by atoms with Crippen molar-refractivity contribution in [3.05, 3.63) is 58.9 Å². The Morgan fingerprint density at radius 2 is 1.68 bits per heavy atom. The predicted molar refractivity (Wildman–Crippen MR) is 107 cm³/mol. The summed E-state index contributed by atoms with van der Waals surface area (Å²) in [6.45, 7) is 1.23. The van der Waals surface area contributed by atoms with E-state index in [1.165, 1.54) is 14.2 Å². The van der Waals surface area contributed by atoms with E-state index in [0.717, 1.165) is 6.07 Å². The van der Waals surface area contributed by atoms with Gasteiger partial charge in [-0.25, -0.2) is 13.2 Å². The number of carbonyl (C=O) groups excluding carboxylic acids is 2. The van der Waals surface area contributed by atoms with E-state index < -0.39 is 28.9 Å². The number of benzene rings is 2. The SMILES string of the molecule is COc1ccc(C(=O)N2CCC(CNC(=O)c3ccc(F)c(F)c3F)CC2)cc1OC. The molecular weight excluding hydrogens is 413 g/mol. The van der Waals surface area contributed by atoms with Gasteiger partial charge in [-0.15, -0.1) is 0 Å². The van der Waals surface area contributed by atoms with Gasteiger partial charge in [-0.2, -0.15) is 0 Å². The normalized spacial score (nSPS) is 14.3. The highest BCUT2D eigenvalue weighted by Crippen LogP contribution is 2.29. The van der Waals surface area contributed by atoms with Gasteiger partial charge in [0.15, 0.2) is 29.0 Å². The first kappa shape index (κ1) is 22.5. The highest BCUT2D eigenvalue weighted by atomic mass is 19.2. The van der Waals surface area contributed by atoms with Crippen molar-refractivity contribution in [1.29, 1.82) is 0 Å². The molecule has 31 heavy (non-hydrogen) atoms. The minimum atomic E-state index is -1.67. The molecule has 2 aromatic carbocycles. The molecule has 9 heteroatoms. The van der Waals surface area contributed by atoms with Gasteiger partial charge >= 0.3 is 0 Å². The first-order valence-electron chi connectivity index (χ1n) is 9.78. The Kier molecular flexibility index (Phi) is 7.04. The van der Waals surface area contributed by atoms with Crippen LogP contribution in [0.1, 0.15) is 33.6 Å². The monoisotopic (exact) mass is 436 g/mol. The van der Waals surface area contributed by atoms with Crippen molar-refractivity contribution in [1.82, 2.24) is 10.2 Å². The highest BCUT2D eigenvalue weighted by Gasteiger charge is 2.25. The highest BCUT2D eigenvalue weighted by molar-refractivity contribution is 5.95. The van der Waals surface area contributed by atoms with Crippen LogP contribution in [0.25, 0.3) is 0 Å². The van der Waals surface area contributed by atoms with Gasteiger partial charge < -0.3 is 19.7 Å². The molecule has 0 unspecified atom stereocenters. The Morgan fingerprint density at radius 1 is 1.00 bits per heavy atom. The molecule has 1 aliphatic rings. The molecule has 1 N–H and O–H groups in total. The number of piperidine rings is 1. The molecule has 0 spiro atoms. The van der Waals surface area contributed by atoms with Crippen LogP contribution in [-0.2, 0) is 0 Å². The van der Waals surface area contributed by atoms with E-state index in [9.17, 15) is 22.8 Å². The fourth-order valence-corrected chi connectivity index (χ4v) is 3.53. The van der Waals surface area contributed by atoms with Gasteiger partial charge in [-0.3, -0.25) is 9.59 Å². The van der Waals surface area contributed by atoms with E-state index in [2.05, 4.69) is 5.32 Å². The van der Waals surface area contributed by atoms with E-state index in [-0.39, 0.29) is 18.4 Å². The molecule has 2 aromatic rings. The van der Waals surface area contributed by atoms with Crippen LogP contribution in [-0.4, -0.2) is 50.6 Å². The third kappa shape index (κ3) is 4.92. The second kappa shape index (κ2) is 9.72. The lowest BCUT2D eigenvalue weighted by molar-refractivity contribution is 0.0683. The van der Waals surface area contributed by atoms with Crippen molar-refractivity contribution >= 4 is 11.8 Å². The van der Waals surface area contributed by atoms with Crippen LogP contribution in [0.4, 0.5) is 13.2 Å². The Balaban J connectivity index is 1.53.